The van der Waals surface area contributed by atoms with Gasteiger partial charge in [-0.1, -0.05) is 23.8 Å². The van der Waals surface area contributed by atoms with Gasteiger partial charge in [-0.2, -0.15) is 5.26 Å². The van der Waals surface area contributed by atoms with Crippen LogP contribution in [0.3, 0.4) is 0 Å². The van der Waals surface area contributed by atoms with E-state index in [0.717, 1.165) is 11.1 Å². The van der Waals surface area contributed by atoms with Crippen molar-refractivity contribution in [3.8, 4) is 11.8 Å². The van der Waals surface area contributed by atoms with Crippen molar-refractivity contribution in [3.63, 3.8) is 0 Å². The SMILES string of the molecule is COC(=O)COc1ccc(/C=C(\C#N)C(=O)Nc2ccc(C)cc2C)cc1Br. The molecule has 6 nitrogen and oxygen atoms in total. The lowest BCUT2D eigenvalue weighted by molar-refractivity contribution is -0.142. The minimum absolute atomic E-state index is 0.0323. The summed E-state index contributed by atoms with van der Waals surface area (Å²) in [7, 11) is 1.28. The smallest absolute Gasteiger partial charge is 0.343 e. The molecule has 0 radical (unpaired) electrons. The topological polar surface area (TPSA) is 88.4 Å². The predicted molar refractivity (Wildman–Crippen MR) is 110 cm³/mol. The van der Waals surface area contributed by atoms with E-state index in [4.69, 9.17) is 4.74 Å². The molecular formula is C21H19BrN2O4. The molecule has 0 aliphatic heterocycles. The lowest BCUT2D eigenvalue weighted by atomic mass is 10.1. The monoisotopic (exact) mass is 442 g/mol. The van der Waals surface area contributed by atoms with Crippen molar-refractivity contribution in [1.82, 2.24) is 0 Å². The first-order valence-corrected chi connectivity index (χ1v) is 9.13. The third kappa shape index (κ3) is 5.69. The molecule has 2 aromatic rings. The number of nitrogens with zero attached hydrogens (tertiary/aromatic N) is 1. The highest BCUT2D eigenvalue weighted by Gasteiger charge is 2.12. The molecule has 0 saturated heterocycles. The average Bonchev–Trinajstić information content (AvgIpc) is 2.67. The third-order valence-electron chi connectivity index (χ3n) is 3.84. The molecule has 0 aliphatic carbocycles. The van der Waals surface area contributed by atoms with Crippen LogP contribution >= 0.6 is 15.9 Å². The first-order valence-electron chi connectivity index (χ1n) is 8.33. The van der Waals surface area contributed by atoms with Crippen LogP contribution in [0.25, 0.3) is 6.08 Å². The summed E-state index contributed by atoms with van der Waals surface area (Å²) in [6.45, 7) is 3.64. The maximum atomic E-state index is 12.5. The predicted octanol–water partition coefficient (Wildman–Crippen LogP) is 4.16. The van der Waals surface area contributed by atoms with E-state index in [9.17, 15) is 14.9 Å². The van der Waals surface area contributed by atoms with Gasteiger partial charge in [-0.05, 0) is 65.2 Å². The van der Waals surface area contributed by atoms with Crippen LogP contribution in [0.15, 0.2) is 46.4 Å². The number of rotatable bonds is 6. The second-order valence-corrected chi connectivity index (χ2v) is 6.85. The summed E-state index contributed by atoms with van der Waals surface area (Å²) in [5, 5.41) is 12.1. The Kier molecular flexibility index (Phi) is 7.36. The molecule has 0 aliphatic rings. The molecule has 0 saturated carbocycles. The van der Waals surface area contributed by atoms with Crippen LogP contribution in [0.1, 0.15) is 16.7 Å². The minimum atomic E-state index is -0.495. The zero-order chi connectivity index (χ0) is 20.7. The number of carbonyl (C=O) groups is 2. The van der Waals surface area contributed by atoms with E-state index in [-0.39, 0.29) is 12.2 Å². The Morgan fingerprint density at radius 2 is 1.96 bits per heavy atom. The van der Waals surface area contributed by atoms with Crippen LogP contribution in [-0.2, 0) is 14.3 Å². The van der Waals surface area contributed by atoms with Crippen molar-refractivity contribution in [2.45, 2.75) is 13.8 Å². The third-order valence-corrected chi connectivity index (χ3v) is 4.46. The molecule has 0 fully saturated rings. The molecule has 28 heavy (non-hydrogen) atoms. The van der Waals surface area contributed by atoms with E-state index in [2.05, 4.69) is 26.0 Å². The van der Waals surface area contributed by atoms with Gasteiger partial charge < -0.3 is 14.8 Å². The quantitative estimate of drug-likeness (QED) is 0.412. The van der Waals surface area contributed by atoms with Crippen molar-refractivity contribution >= 4 is 39.6 Å². The van der Waals surface area contributed by atoms with Crippen LogP contribution in [0, 0.1) is 25.2 Å². The van der Waals surface area contributed by atoms with E-state index in [0.29, 0.717) is 21.5 Å². The van der Waals surface area contributed by atoms with Crippen molar-refractivity contribution in [1.29, 1.82) is 5.26 Å². The Hall–Kier alpha value is -3.11. The fourth-order valence-electron chi connectivity index (χ4n) is 2.38. The highest BCUT2D eigenvalue weighted by atomic mass is 79.9. The van der Waals surface area contributed by atoms with Crippen LogP contribution in [-0.4, -0.2) is 25.6 Å². The van der Waals surface area contributed by atoms with Crippen molar-refractivity contribution in [2.75, 3.05) is 19.0 Å². The fourth-order valence-corrected chi connectivity index (χ4v) is 2.89. The molecule has 0 spiro atoms. The van der Waals surface area contributed by atoms with E-state index >= 15 is 0 Å². The first-order chi connectivity index (χ1) is 13.3. The van der Waals surface area contributed by atoms with E-state index in [1.807, 2.05) is 38.1 Å². The summed E-state index contributed by atoms with van der Waals surface area (Å²) in [5.74, 6) is -0.539. The van der Waals surface area contributed by atoms with Gasteiger partial charge in [0.25, 0.3) is 5.91 Å². The van der Waals surface area contributed by atoms with Crippen molar-refractivity contribution < 1.29 is 19.1 Å². The van der Waals surface area contributed by atoms with Gasteiger partial charge in [0.05, 0.1) is 11.6 Å². The average molecular weight is 443 g/mol. The number of esters is 1. The van der Waals surface area contributed by atoms with Crippen molar-refractivity contribution in [2.24, 2.45) is 0 Å². The Morgan fingerprint density at radius 3 is 2.57 bits per heavy atom. The van der Waals surface area contributed by atoms with E-state index in [1.54, 1.807) is 18.2 Å². The summed E-state index contributed by atoms with van der Waals surface area (Å²) in [6, 6.07) is 12.6. The molecule has 0 atom stereocenters. The number of halogens is 1. The molecule has 2 aromatic carbocycles. The normalized spacial score (nSPS) is 10.8. The molecule has 144 valence electrons. The van der Waals surface area contributed by atoms with Crippen LogP contribution in [0.5, 0.6) is 5.75 Å². The molecule has 0 heterocycles. The van der Waals surface area contributed by atoms with Crippen LogP contribution in [0.4, 0.5) is 5.69 Å². The van der Waals surface area contributed by atoms with Gasteiger partial charge in [0.1, 0.15) is 17.4 Å². The number of amides is 1. The summed E-state index contributed by atoms with van der Waals surface area (Å²) < 4.78 is 10.4. The minimum Gasteiger partial charge on any atom is -0.481 e. The molecule has 0 unspecified atom stereocenters. The second kappa shape index (κ2) is 9.72. The van der Waals surface area contributed by atoms with Gasteiger partial charge in [0.15, 0.2) is 6.61 Å². The standard InChI is InChI=1S/C21H19BrN2O4/c1-13-4-6-18(14(2)8-13)24-21(26)16(11-23)9-15-5-7-19(17(22)10-15)28-12-20(25)27-3/h4-10H,12H2,1-3H3,(H,24,26)/b16-9+. The number of aryl methyl sites for hydroxylation is 2. The Balaban J connectivity index is 2.17. The van der Waals surface area contributed by atoms with Gasteiger partial charge in [-0.3, -0.25) is 4.79 Å². The Bertz CT molecular complexity index is 977. The first kappa shape index (κ1) is 21.2. The number of benzene rings is 2. The van der Waals surface area contributed by atoms with Gasteiger partial charge in [-0.15, -0.1) is 0 Å². The summed E-state index contributed by atoms with van der Waals surface area (Å²) in [6.07, 6.45) is 1.48. The second-order valence-electron chi connectivity index (χ2n) is 6.00. The van der Waals surface area contributed by atoms with Gasteiger partial charge >= 0.3 is 5.97 Å². The van der Waals surface area contributed by atoms with Gasteiger partial charge in [0, 0.05) is 5.69 Å². The Morgan fingerprint density at radius 1 is 1.21 bits per heavy atom. The number of hydrogen-bond donors (Lipinski definition) is 1. The number of nitrogens with one attached hydrogen (secondary N) is 1. The largest absolute Gasteiger partial charge is 0.481 e. The van der Waals surface area contributed by atoms with Crippen LogP contribution in [0.2, 0.25) is 0 Å². The van der Waals surface area contributed by atoms with Gasteiger partial charge in [0.2, 0.25) is 0 Å². The summed E-state index contributed by atoms with van der Waals surface area (Å²) in [4.78, 5) is 23.6. The highest BCUT2D eigenvalue weighted by molar-refractivity contribution is 9.10. The molecule has 1 N–H and O–H groups in total. The molecule has 1 amide bonds. The lowest BCUT2D eigenvalue weighted by Gasteiger charge is -2.09. The number of hydrogen-bond acceptors (Lipinski definition) is 5. The van der Waals surface area contributed by atoms with Crippen LogP contribution < -0.4 is 10.1 Å². The van der Waals surface area contributed by atoms with E-state index < -0.39 is 11.9 Å². The fraction of sp³-hybridized carbons (Fsp3) is 0.190. The molecule has 0 bridgehead atoms. The number of carbonyl (C=O) groups excluding carboxylic acids is 2. The molecule has 7 heteroatoms. The lowest BCUT2D eigenvalue weighted by Crippen LogP contribution is -2.14. The van der Waals surface area contributed by atoms with E-state index in [1.165, 1.54) is 13.2 Å². The number of anilines is 1. The molecule has 2 rings (SSSR count). The number of nitriles is 1. The van der Waals surface area contributed by atoms with Crippen molar-refractivity contribution in [3.05, 3.63) is 63.1 Å². The highest BCUT2D eigenvalue weighted by Crippen LogP contribution is 2.27. The number of ether oxygens (including phenoxy) is 2. The summed E-state index contributed by atoms with van der Waals surface area (Å²) in [5.41, 5.74) is 3.26. The maximum Gasteiger partial charge on any atom is 0.343 e. The maximum absolute atomic E-state index is 12.5. The summed E-state index contributed by atoms with van der Waals surface area (Å²) >= 11 is 3.35. The zero-order valence-corrected chi connectivity index (χ0v) is 17.3. The zero-order valence-electron chi connectivity index (χ0n) is 15.7. The number of methoxy groups -OCH3 is 1. The molecule has 0 aromatic heterocycles. The van der Waals surface area contributed by atoms with Gasteiger partial charge in [-0.25, -0.2) is 4.79 Å². The Labute approximate surface area is 171 Å². The molecular weight excluding hydrogens is 424 g/mol.